The van der Waals surface area contributed by atoms with Crippen LogP contribution in [-0.4, -0.2) is 27.0 Å². The van der Waals surface area contributed by atoms with Crippen molar-refractivity contribution < 1.29 is 13.9 Å². The summed E-state index contributed by atoms with van der Waals surface area (Å²) >= 11 is 0. The molecule has 7 heteroatoms. The molecule has 30 heavy (non-hydrogen) atoms. The van der Waals surface area contributed by atoms with E-state index in [1.54, 1.807) is 6.20 Å². The number of amides is 1. The molecule has 2 saturated carbocycles. The Bertz CT molecular complexity index is 1140. The Morgan fingerprint density at radius 2 is 1.87 bits per heavy atom. The van der Waals surface area contributed by atoms with Crippen LogP contribution in [-0.2, 0) is 10.2 Å². The van der Waals surface area contributed by atoms with Crippen molar-refractivity contribution in [2.75, 3.05) is 5.32 Å². The number of fused-ring (bicyclic) bond motifs is 1. The standard InChI is InChI=1S/C23H21FN4O2/c1-13-17(12-25-14(2)27-13)30-20-19-22(3,23(19,20)15-7-5-4-6-8-15)21(29)28-18-10-9-16(24)11-26-18/h4-12,19-20H,1-3H3,(H,26,28,29)/t19?,20?,22-,23+/m0/s1. The molecule has 0 aliphatic heterocycles. The molecule has 2 unspecified atom stereocenters. The minimum Gasteiger partial charge on any atom is -0.486 e. The summed E-state index contributed by atoms with van der Waals surface area (Å²) in [6, 6.07) is 12.7. The first kappa shape index (κ1) is 18.7. The highest BCUT2D eigenvalue weighted by atomic mass is 19.1. The van der Waals surface area contributed by atoms with Gasteiger partial charge in [0.1, 0.15) is 23.6 Å². The Kier molecular flexibility index (Phi) is 3.93. The first-order chi connectivity index (χ1) is 14.4. The largest absolute Gasteiger partial charge is 0.486 e. The zero-order valence-corrected chi connectivity index (χ0v) is 16.9. The molecule has 2 heterocycles. The van der Waals surface area contributed by atoms with E-state index in [1.807, 2.05) is 51.1 Å². The van der Waals surface area contributed by atoms with Crippen LogP contribution in [0.2, 0.25) is 0 Å². The second kappa shape index (κ2) is 6.32. The Hall–Kier alpha value is -3.35. The Morgan fingerprint density at radius 3 is 2.53 bits per heavy atom. The molecule has 2 aromatic heterocycles. The fourth-order valence-corrected chi connectivity index (χ4v) is 4.91. The maximum Gasteiger partial charge on any atom is 0.232 e. The monoisotopic (exact) mass is 404 g/mol. The average molecular weight is 404 g/mol. The predicted molar refractivity (Wildman–Crippen MR) is 108 cm³/mol. The lowest BCUT2D eigenvalue weighted by molar-refractivity contribution is -0.124. The van der Waals surface area contributed by atoms with Crippen LogP contribution in [0.25, 0.3) is 0 Å². The number of ether oxygens (including phenoxy) is 1. The van der Waals surface area contributed by atoms with Crippen molar-refractivity contribution >= 4 is 11.7 Å². The number of carbonyl (C=O) groups excluding carboxylic acids is 1. The number of anilines is 1. The summed E-state index contributed by atoms with van der Waals surface area (Å²) < 4.78 is 19.4. The van der Waals surface area contributed by atoms with E-state index in [0.29, 0.717) is 17.4 Å². The van der Waals surface area contributed by atoms with E-state index in [0.717, 1.165) is 17.5 Å². The summed E-state index contributed by atoms with van der Waals surface area (Å²) in [7, 11) is 0. The van der Waals surface area contributed by atoms with Gasteiger partial charge in [-0.1, -0.05) is 30.3 Å². The van der Waals surface area contributed by atoms with Crippen molar-refractivity contribution in [3.05, 3.63) is 77.8 Å². The van der Waals surface area contributed by atoms with E-state index in [-0.39, 0.29) is 17.9 Å². The van der Waals surface area contributed by atoms with E-state index >= 15 is 0 Å². The first-order valence-corrected chi connectivity index (χ1v) is 9.84. The zero-order chi connectivity index (χ0) is 21.1. The van der Waals surface area contributed by atoms with Gasteiger partial charge in [0.05, 0.1) is 28.9 Å². The number of pyridine rings is 1. The molecular weight excluding hydrogens is 383 g/mol. The molecule has 2 aliphatic rings. The van der Waals surface area contributed by atoms with Gasteiger partial charge in [-0.25, -0.2) is 19.3 Å². The minimum absolute atomic E-state index is 0.0218. The highest BCUT2D eigenvalue weighted by molar-refractivity contribution is 6.02. The van der Waals surface area contributed by atoms with Gasteiger partial charge in [0.2, 0.25) is 5.91 Å². The number of nitrogens with zero attached hydrogens (tertiary/aromatic N) is 3. The summed E-state index contributed by atoms with van der Waals surface area (Å²) in [5.74, 6) is 1.09. The van der Waals surface area contributed by atoms with Gasteiger partial charge in [-0.15, -0.1) is 0 Å². The molecule has 0 spiro atoms. The molecule has 0 bridgehead atoms. The van der Waals surface area contributed by atoms with Gasteiger partial charge in [0.25, 0.3) is 0 Å². The summed E-state index contributed by atoms with van der Waals surface area (Å²) in [5.41, 5.74) is 0.777. The number of halogens is 1. The van der Waals surface area contributed by atoms with E-state index in [1.165, 1.54) is 12.1 Å². The number of hydrogen-bond donors (Lipinski definition) is 1. The maximum atomic E-state index is 13.2. The molecular formula is C23H21FN4O2. The average Bonchev–Trinajstić information content (AvgIpc) is 3.59. The number of aromatic nitrogens is 3. The molecule has 6 nitrogen and oxygen atoms in total. The topological polar surface area (TPSA) is 77.0 Å². The van der Waals surface area contributed by atoms with Gasteiger partial charge >= 0.3 is 0 Å². The van der Waals surface area contributed by atoms with Gasteiger partial charge in [0, 0.05) is 5.92 Å². The second-order valence-corrected chi connectivity index (χ2v) is 8.14. The quantitative estimate of drug-likeness (QED) is 0.703. The van der Waals surface area contributed by atoms with Crippen molar-refractivity contribution in [3.8, 4) is 5.75 Å². The normalized spacial score (nSPS) is 28.4. The first-order valence-electron chi connectivity index (χ1n) is 9.84. The van der Waals surface area contributed by atoms with Crippen molar-refractivity contribution in [3.63, 3.8) is 0 Å². The molecule has 0 saturated heterocycles. The van der Waals surface area contributed by atoms with Crippen LogP contribution >= 0.6 is 0 Å². The van der Waals surface area contributed by atoms with Crippen LogP contribution in [0, 0.1) is 31.0 Å². The van der Waals surface area contributed by atoms with Crippen LogP contribution in [0.1, 0.15) is 24.0 Å². The third-order valence-electron chi connectivity index (χ3n) is 6.53. The lowest BCUT2D eigenvalue weighted by atomic mass is 9.83. The molecule has 0 radical (unpaired) electrons. The Morgan fingerprint density at radius 1 is 1.10 bits per heavy atom. The number of carbonyl (C=O) groups is 1. The van der Waals surface area contributed by atoms with E-state index < -0.39 is 16.6 Å². The number of aryl methyl sites for hydroxylation is 2. The molecule has 1 amide bonds. The van der Waals surface area contributed by atoms with Crippen LogP contribution in [0.4, 0.5) is 10.2 Å². The van der Waals surface area contributed by atoms with Crippen LogP contribution in [0.5, 0.6) is 5.75 Å². The third-order valence-corrected chi connectivity index (χ3v) is 6.53. The fourth-order valence-electron chi connectivity index (χ4n) is 4.91. The molecule has 2 aliphatic carbocycles. The second-order valence-electron chi connectivity index (χ2n) is 8.14. The predicted octanol–water partition coefficient (Wildman–Crippen LogP) is 3.60. The van der Waals surface area contributed by atoms with E-state index in [4.69, 9.17) is 4.74 Å². The molecule has 152 valence electrons. The molecule has 4 atom stereocenters. The number of rotatable bonds is 5. The molecule has 5 rings (SSSR count). The minimum atomic E-state index is -0.644. The van der Waals surface area contributed by atoms with Crippen molar-refractivity contribution in [2.45, 2.75) is 32.3 Å². The lowest BCUT2D eigenvalue weighted by Gasteiger charge is -2.28. The number of hydrogen-bond acceptors (Lipinski definition) is 5. The van der Waals surface area contributed by atoms with Crippen molar-refractivity contribution in [1.82, 2.24) is 15.0 Å². The molecule has 1 N–H and O–H groups in total. The zero-order valence-electron chi connectivity index (χ0n) is 16.9. The third kappa shape index (κ3) is 2.47. The van der Waals surface area contributed by atoms with Gasteiger partial charge in [-0.05, 0) is 38.5 Å². The Balaban J connectivity index is 1.43. The van der Waals surface area contributed by atoms with Crippen molar-refractivity contribution in [2.24, 2.45) is 11.3 Å². The van der Waals surface area contributed by atoms with Gasteiger partial charge in [0.15, 0.2) is 5.75 Å². The lowest BCUT2D eigenvalue weighted by Crippen LogP contribution is -2.40. The summed E-state index contributed by atoms with van der Waals surface area (Å²) in [6.45, 7) is 5.67. The molecule has 2 fully saturated rings. The van der Waals surface area contributed by atoms with Gasteiger partial charge in [-0.3, -0.25) is 4.79 Å². The highest BCUT2D eigenvalue weighted by Crippen LogP contribution is 2.88. The van der Waals surface area contributed by atoms with Gasteiger partial charge in [-0.2, -0.15) is 0 Å². The maximum absolute atomic E-state index is 13.2. The number of nitrogens with one attached hydrogen (secondary N) is 1. The van der Waals surface area contributed by atoms with E-state index in [9.17, 15) is 9.18 Å². The van der Waals surface area contributed by atoms with Gasteiger partial charge < -0.3 is 10.1 Å². The van der Waals surface area contributed by atoms with Crippen LogP contribution < -0.4 is 10.1 Å². The van der Waals surface area contributed by atoms with E-state index in [2.05, 4.69) is 20.3 Å². The van der Waals surface area contributed by atoms with Crippen LogP contribution in [0.15, 0.2) is 54.9 Å². The Labute approximate surface area is 173 Å². The highest BCUT2D eigenvalue weighted by Gasteiger charge is 2.98. The van der Waals surface area contributed by atoms with Crippen molar-refractivity contribution in [1.29, 1.82) is 0 Å². The number of benzene rings is 1. The summed E-state index contributed by atoms with van der Waals surface area (Å²) in [5, 5.41) is 2.83. The SMILES string of the molecule is Cc1ncc(OC2C3[C@@]2(c2ccccc2)[C@]3(C)C(=O)Nc2ccc(F)cn2)c(C)n1. The van der Waals surface area contributed by atoms with Crippen LogP contribution in [0.3, 0.4) is 0 Å². The molecule has 3 aromatic rings. The molecule has 1 aromatic carbocycles. The summed E-state index contributed by atoms with van der Waals surface area (Å²) in [4.78, 5) is 25.7. The summed E-state index contributed by atoms with van der Waals surface area (Å²) in [6.07, 6.45) is 2.64. The fraction of sp³-hybridized carbons (Fsp3) is 0.304. The smallest absolute Gasteiger partial charge is 0.232 e.